The van der Waals surface area contributed by atoms with E-state index in [4.69, 9.17) is 4.84 Å². The maximum absolute atomic E-state index is 12.6. The van der Waals surface area contributed by atoms with Gasteiger partial charge in [0.1, 0.15) is 0 Å². The molecule has 0 atom stereocenters. The number of carbonyl (C=O) groups excluding carboxylic acids is 2. The van der Waals surface area contributed by atoms with Crippen molar-refractivity contribution < 1.29 is 14.4 Å². The third kappa shape index (κ3) is 6.04. The number of nitrogens with one attached hydrogen (secondary N) is 2. The van der Waals surface area contributed by atoms with Crippen molar-refractivity contribution >= 4 is 23.2 Å². The summed E-state index contributed by atoms with van der Waals surface area (Å²) in [6, 6.07) is 26.0. The van der Waals surface area contributed by atoms with Gasteiger partial charge in [-0.2, -0.15) is 0 Å². The number of hydrogen-bond donors (Lipinski definition) is 2. The molecule has 30 heavy (non-hydrogen) atoms. The predicted octanol–water partition coefficient (Wildman–Crippen LogP) is 4.00. The van der Waals surface area contributed by atoms with Crippen molar-refractivity contribution in [3.05, 3.63) is 102 Å². The van der Waals surface area contributed by atoms with Crippen LogP contribution >= 0.6 is 0 Å². The van der Waals surface area contributed by atoms with Gasteiger partial charge < -0.3 is 15.5 Å². The monoisotopic (exact) mass is 401 g/mol. The number of para-hydroxylation sites is 1. The smallest absolute Gasteiger partial charge is 0.265 e. The molecule has 0 unspecified atom stereocenters. The highest BCUT2D eigenvalue weighted by Crippen LogP contribution is 2.15. The molecule has 152 valence electrons. The van der Waals surface area contributed by atoms with E-state index in [1.807, 2.05) is 60.7 Å². The summed E-state index contributed by atoms with van der Waals surface area (Å²) >= 11 is 0. The number of oxime groups is 1. The Morgan fingerprint density at radius 2 is 1.50 bits per heavy atom. The van der Waals surface area contributed by atoms with Crippen LogP contribution in [-0.2, 0) is 16.2 Å². The summed E-state index contributed by atoms with van der Waals surface area (Å²) in [6.07, 6.45) is 0. The molecule has 3 aromatic rings. The summed E-state index contributed by atoms with van der Waals surface area (Å²) < 4.78 is 0. The van der Waals surface area contributed by atoms with Crippen LogP contribution < -0.4 is 10.6 Å². The van der Waals surface area contributed by atoms with E-state index in [9.17, 15) is 9.59 Å². The molecule has 6 heteroatoms. The Morgan fingerprint density at radius 3 is 2.23 bits per heavy atom. The number of hydrogen-bond acceptors (Lipinski definition) is 4. The van der Waals surface area contributed by atoms with Crippen molar-refractivity contribution in [1.29, 1.82) is 0 Å². The van der Waals surface area contributed by atoms with Crippen LogP contribution in [0.3, 0.4) is 0 Å². The van der Waals surface area contributed by atoms with Gasteiger partial charge in [-0.15, -0.1) is 0 Å². The fourth-order valence-electron chi connectivity index (χ4n) is 2.77. The van der Waals surface area contributed by atoms with E-state index in [1.54, 1.807) is 31.2 Å². The summed E-state index contributed by atoms with van der Waals surface area (Å²) in [7, 11) is 0. The van der Waals surface area contributed by atoms with Gasteiger partial charge in [-0.3, -0.25) is 9.59 Å². The van der Waals surface area contributed by atoms with E-state index in [2.05, 4.69) is 15.8 Å². The van der Waals surface area contributed by atoms with Crippen LogP contribution in [-0.4, -0.2) is 24.1 Å². The molecule has 0 heterocycles. The first-order chi connectivity index (χ1) is 14.6. The number of benzene rings is 3. The summed E-state index contributed by atoms with van der Waals surface area (Å²) in [5.74, 6) is -0.670. The maximum Gasteiger partial charge on any atom is 0.265 e. The zero-order valence-electron chi connectivity index (χ0n) is 16.7. The van der Waals surface area contributed by atoms with E-state index < -0.39 is 5.91 Å². The Balaban J connectivity index is 1.56. The largest absolute Gasteiger partial charge is 0.385 e. The van der Waals surface area contributed by atoms with Crippen LogP contribution in [0.1, 0.15) is 28.4 Å². The third-order valence-corrected chi connectivity index (χ3v) is 4.33. The molecule has 0 saturated carbocycles. The van der Waals surface area contributed by atoms with Crippen LogP contribution in [0.4, 0.5) is 5.69 Å². The van der Waals surface area contributed by atoms with Gasteiger partial charge in [0, 0.05) is 6.54 Å². The van der Waals surface area contributed by atoms with Crippen molar-refractivity contribution in [3.8, 4) is 0 Å². The fourth-order valence-corrected chi connectivity index (χ4v) is 2.77. The minimum absolute atomic E-state index is 0.260. The number of nitrogens with zero attached hydrogens (tertiary/aromatic N) is 1. The number of amides is 2. The molecule has 2 N–H and O–H groups in total. The highest BCUT2D eigenvalue weighted by atomic mass is 16.6. The molecule has 2 amide bonds. The molecule has 3 rings (SSSR count). The highest BCUT2D eigenvalue weighted by molar-refractivity contribution is 6.04. The predicted molar refractivity (Wildman–Crippen MR) is 117 cm³/mol. The van der Waals surface area contributed by atoms with Gasteiger partial charge in [-0.25, -0.2) is 0 Å². The molecule has 0 spiro atoms. The van der Waals surface area contributed by atoms with Gasteiger partial charge in [-0.05, 0) is 30.2 Å². The molecule has 3 aromatic carbocycles. The average molecular weight is 401 g/mol. The molecule has 0 bridgehead atoms. The Bertz CT molecular complexity index is 1020. The van der Waals surface area contributed by atoms with Crippen molar-refractivity contribution in [2.75, 3.05) is 11.9 Å². The lowest BCUT2D eigenvalue weighted by molar-refractivity contribution is -0.120. The van der Waals surface area contributed by atoms with Gasteiger partial charge in [0.05, 0.1) is 17.0 Å². The van der Waals surface area contributed by atoms with E-state index in [-0.39, 0.29) is 12.5 Å². The molecular formula is C24H23N3O3. The van der Waals surface area contributed by atoms with Crippen molar-refractivity contribution in [2.45, 2.75) is 13.5 Å². The first-order valence-corrected chi connectivity index (χ1v) is 9.56. The molecule has 0 saturated heterocycles. The molecule has 0 aliphatic carbocycles. The Morgan fingerprint density at radius 1 is 0.867 bits per heavy atom. The number of rotatable bonds is 8. The number of anilines is 1. The average Bonchev–Trinajstić information content (AvgIpc) is 2.79. The minimum Gasteiger partial charge on any atom is -0.385 e. The second kappa shape index (κ2) is 10.6. The molecule has 0 aliphatic heterocycles. The zero-order valence-corrected chi connectivity index (χ0v) is 16.7. The van der Waals surface area contributed by atoms with Crippen LogP contribution in [0, 0.1) is 0 Å². The SMILES string of the molecule is C/C(=N\OCC(=O)Nc1ccccc1C(=O)NCc1ccccc1)c1ccccc1. The van der Waals surface area contributed by atoms with Crippen molar-refractivity contribution in [3.63, 3.8) is 0 Å². The Kier molecular flexibility index (Phi) is 7.33. The third-order valence-electron chi connectivity index (χ3n) is 4.33. The summed E-state index contributed by atoms with van der Waals surface area (Å²) in [6.45, 7) is 1.95. The van der Waals surface area contributed by atoms with Crippen LogP contribution in [0.5, 0.6) is 0 Å². The normalized spacial score (nSPS) is 10.9. The van der Waals surface area contributed by atoms with Gasteiger partial charge in [0.25, 0.3) is 11.8 Å². The van der Waals surface area contributed by atoms with E-state index >= 15 is 0 Å². The van der Waals surface area contributed by atoms with Gasteiger partial charge in [0.15, 0.2) is 6.61 Å². The first kappa shape index (κ1) is 20.8. The maximum atomic E-state index is 12.6. The van der Waals surface area contributed by atoms with Gasteiger partial charge >= 0.3 is 0 Å². The van der Waals surface area contributed by atoms with Crippen LogP contribution in [0.15, 0.2) is 90.1 Å². The standard InChI is InChI=1S/C24H23N3O3/c1-18(20-12-6-3-7-13-20)27-30-17-23(28)26-22-15-9-8-14-21(22)24(29)25-16-19-10-4-2-5-11-19/h2-15H,16-17H2,1H3,(H,25,29)(H,26,28)/b27-18+. The molecule has 0 fully saturated rings. The van der Waals surface area contributed by atoms with E-state index in [1.165, 1.54) is 0 Å². The molecule has 0 aliphatic rings. The fraction of sp³-hybridized carbons (Fsp3) is 0.125. The summed E-state index contributed by atoms with van der Waals surface area (Å²) in [5.41, 5.74) is 3.38. The quantitative estimate of drug-likeness (QED) is 0.442. The summed E-state index contributed by atoms with van der Waals surface area (Å²) in [5, 5.41) is 9.54. The molecule has 6 nitrogen and oxygen atoms in total. The first-order valence-electron chi connectivity index (χ1n) is 9.56. The lowest BCUT2D eigenvalue weighted by Crippen LogP contribution is -2.25. The topological polar surface area (TPSA) is 79.8 Å². The zero-order chi connectivity index (χ0) is 21.2. The molecule has 0 aromatic heterocycles. The van der Waals surface area contributed by atoms with Gasteiger partial charge in [-0.1, -0.05) is 78.0 Å². The van der Waals surface area contributed by atoms with Crippen LogP contribution in [0.2, 0.25) is 0 Å². The molecular weight excluding hydrogens is 378 g/mol. The summed E-state index contributed by atoms with van der Waals surface area (Å²) in [4.78, 5) is 30.0. The Labute approximate surface area is 175 Å². The van der Waals surface area contributed by atoms with Crippen molar-refractivity contribution in [2.24, 2.45) is 5.16 Å². The van der Waals surface area contributed by atoms with Crippen molar-refractivity contribution in [1.82, 2.24) is 5.32 Å². The van der Waals surface area contributed by atoms with Gasteiger partial charge in [0.2, 0.25) is 0 Å². The highest BCUT2D eigenvalue weighted by Gasteiger charge is 2.13. The Hall–Kier alpha value is -3.93. The lowest BCUT2D eigenvalue weighted by Gasteiger charge is -2.11. The number of carbonyl (C=O) groups is 2. The van der Waals surface area contributed by atoms with E-state index in [0.717, 1.165) is 11.1 Å². The lowest BCUT2D eigenvalue weighted by atomic mass is 10.1. The second-order valence-corrected chi connectivity index (χ2v) is 6.58. The second-order valence-electron chi connectivity index (χ2n) is 6.58. The molecule has 0 radical (unpaired) electrons. The minimum atomic E-state index is -0.400. The van der Waals surface area contributed by atoms with E-state index in [0.29, 0.717) is 23.5 Å². The van der Waals surface area contributed by atoms with Crippen LogP contribution in [0.25, 0.3) is 0 Å².